The van der Waals surface area contributed by atoms with Crippen LogP contribution < -0.4 is 4.90 Å². The van der Waals surface area contributed by atoms with Crippen LogP contribution in [0.5, 0.6) is 0 Å². The maximum Gasteiger partial charge on any atom is 0.102 e. The minimum Gasteiger partial charge on any atom is -0.323 e. The lowest BCUT2D eigenvalue weighted by Gasteiger charge is -2.29. The largest absolute Gasteiger partial charge is 0.323 e. The molecule has 2 unspecified atom stereocenters. The topological polar surface area (TPSA) is 15.6 Å². The lowest BCUT2D eigenvalue weighted by Crippen LogP contribution is -2.25. The van der Waals surface area contributed by atoms with E-state index in [0.717, 1.165) is 10.7 Å². The van der Waals surface area contributed by atoms with Crippen LogP contribution in [0.25, 0.3) is 0 Å². The summed E-state index contributed by atoms with van der Waals surface area (Å²) in [6.45, 7) is 0. The summed E-state index contributed by atoms with van der Waals surface area (Å²) < 4.78 is 0. The molecule has 0 radical (unpaired) electrons. The van der Waals surface area contributed by atoms with Crippen LogP contribution >= 0.6 is 11.6 Å². The molecule has 3 heteroatoms. The van der Waals surface area contributed by atoms with E-state index < -0.39 is 0 Å². The van der Waals surface area contributed by atoms with Gasteiger partial charge in [0.05, 0.1) is 12.4 Å². The van der Waals surface area contributed by atoms with Gasteiger partial charge in [-0.15, -0.1) is 0 Å². The minimum absolute atomic E-state index is 0.0734. The SMILES string of the molecule is Clc1ccc(N2C=NC(c3ccccc3)C2c2ccccc2)cc1. The smallest absolute Gasteiger partial charge is 0.102 e. The van der Waals surface area contributed by atoms with E-state index in [9.17, 15) is 0 Å². The molecule has 118 valence electrons. The summed E-state index contributed by atoms with van der Waals surface area (Å²) in [6, 6.07) is 29.1. The van der Waals surface area contributed by atoms with E-state index in [1.165, 1.54) is 11.1 Å². The number of aliphatic imine (C=N–C) groups is 1. The van der Waals surface area contributed by atoms with Crippen LogP contribution in [0.2, 0.25) is 5.02 Å². The number of benzene rings is 3. The molecule has 0 N–H and O–H groups in total. The third-order valence-electron chi connectivity index (χ3n) is 4.36. The maximum absolute atomic E-state index is 6.04. The summed E-state index contributed by atoms with van der Waals surface area (Å²) in [5.41, 5.74) is 3.56. The zero-order chi connectivity index (χ0) is 16.4. The van der Waals surface area contributed by atoms with Crippen molar-refractivity contribution in [2.24, 2.45) is 4.99 Å². The Morgan fingerprint density at radius 1 is 0.708 bits per heavy atom. The van der Waals surface area contributed by atoms with Crippen molar-refractivity contribution in [2.45, 2.75) is 12.1 Å². The van der Waals surface area contributed by atoms with Crippen molar-refractivity contribution in [1.29, 1.82) is 0 Å². The summed E-state index contributed by atoms with van der Waals surface area (Å²) in [6.07, 6.45) is 1.94. The molecule has 2 nitrogen and oxygen atoms in total. The Hall–Kier alpha value is -2.58. The van der Waals surface area contributed by atoms with Crippen molar-refractivity contribution >= 4 is 23.6 Å². The highest BCUT2D eigenvalue weighted by atomic mass is 35.5. The molecule has 0 amide bonds. The van der Waals surface area contributed by atoms with Gasteiger partial charge >= 0.3 is 0 Å². The first-order chi connectivity index (χ1) is 11.8. The van der Waals surface area contributed by atoms with E-state index in [2.05, 4.69) is 53.4 Å². The molecule has 0 fully saturated rings. The second-order valence-corrected chi connectivity index (χ2v) is 6.30. The summed E-state index contributed by atoms with van der Waals surface area (Å²) in [5.74, 6) is 0. The van der Waals surface area contributed by atoms with Gasteiger partial charge < -0.3 is 4.90 Å². The van der Waals surface area contributed by atoms with E-state index >= 15 is 0 Å². The molecule has 0 saturated heterocycles. The third kappa shape index (κ3) is 2.81. The Balaban J connectivity index is 1.77. The lowest BCUT2D eigenvalue weighted by atomic mass is 9.93. The van der Waals surface area contributed by atoms with Gasteiger partial charge in [0.15, 0.2) is 0 Å². The van der Waals surface area contributed by atoms with Crippen LogP contribution in [-0.2, 0) is 0 Å². The maximum atomic E-state index is 6.04. The highest BCUT2D eigenvalue weighted by Gasteiger charge is 2.33. The molecular formula is C21H17ClN2. The molecule has 4 rings (SSSR count). The first-order valence-corrected chi connectivity index (χ1v) is 8.38. The van der Waals surface area contributed by atoms with Gasteiger partial charge in [-0.25, -0.2) is 0 Å². The fourth-order valence-corrected chi connectivity index (χ4v) is 3.33. The van der Waals surface area contributed by atoms with E-state index in [-0.39, 0.29) is 12.1 Å². The van der Waals surface area contributed by atoms with Crippen molar-refractivity contribution < 1.29 is 0 Å². The molecule has 0 aromatic heterocycles. The number of anilines is 1. The zero-order valence-corrected chi connectivity index (χ0v) is 13.8. The Bertz CT molecular complexity index is 829. The second kappa shape index (κ2) is 6.50. The molecule has 1 aliphatic rings. The van der Waals surface area contributed by atoms with Crippen molar-refractivity contribution in [3.63, 3.8) is 0 Å². The predicted octanol–water partition coefficient (Wildman–Crippen LogP) is 5.67. The van der Waals surface area contributed by atoms with Gasteiger partial charge in [0.2, 0.25) is 0 Å². The van der Waals surface area contributed by atoms with E-state index in [4.69, 9.17) is 16.6 Å². The molecule has 0 spiro atoms. The number of hydrogen-bond donors (Lipinski definition) is 0. The number of halogens is 1. The predicted molar refractivity (Wildman–Crippen MR) is 101 cm³/mol. The van der Waals surface area contributed by atoms with E-state index in [0.29, 0.717) is 0 Å². The zero-order valence-electron chi connectivity index (χ0n) is 13.1. The molecule has 1 heterocycles. The number of hydrogen-bond acceptors (Lipinski definition) is 2. The Morgan fingerprint density at radius 2 is 1.29 bits per heavy atom. The first kappa shape index (κ1) is 15.0. The van der Waals surface area contributed by atoms with Crippen molar-refractivity contribution in [3.8, 4) is 0 Å². The summed E-state index contributed by atoms with van der Waals surface area (Å²) in [4.78, 5) is 7.04. The van der Waals surface area contributed by atoms with Gasteiger partial charge in [0, 0.05) is 10.7 Å². The van der Waals surface area contributed by atoms with Gasteiger partial charge in [-0.1, -0.05) is 72.3 Å². The van der Waals surface area contributed by atoms with Crippen LogP contribution in [0.15, 0.2) is 89.9 Å². The van der Waals surface area contributed by atoms with Crippen LogP contribution in [-0.4, -0.2) is 6.34 Å². The average Bonchev–Trinajstić information content (AvgIpc) is 3.09. The van der Waals surface area contributed by atoms with Crippen molar-refractivity contribution in [3.05, 3.63) is 101 Å². The normalized spacial score (nSPS) is 19.6. The van der Waals surface area contributed by atoms with Crippen LogP contribution in [0, 0.1) is 0 Å². The van der Waals surface area contributed by atoms with Crippen molar-refractivity contribution in [2.75, 3.05) is 4.90 Å². The lowest BCUT2D eigenvalue weighted by molar-refractivity contribution is 0.612. The van der Waals surface area contributed by atoms with Crippen molar-refractivity contribution in [1.82, 2.24) is 0 Å². The standard InChI is InChI=1S/C21H17ClN2/c22-18-11-13-19(14-12-18)24-15-23-20(16-7-3-1-4-8-16)21(24)17-9-5-2-6-10-17/h1-15,20-21H. The highest BCUT2D eigenvalue weighted by Crippen LogP contribution is 2.42. The molecule has 3 aromatic carbocycles. The quantitative estimate of drug-likeness (QED) is 0.603. The fraction of sp³-hybridized carbons (Fsp3) is 0.0952. The monoisotopic (exact) mass is 332 g/mol. The summed E-state index contributed by atoms with van der Waals surface area (Å²) >= 11 is 6.04. The Morgan fingerprint density at radius 3 is 1.92 bits per heavy atom. The van der Waals surface area contributed by atoms with Crippen LogP contribution in [0.1, 0.15) is 23.2 Å². The molecule has 3 aromatic rings. The summed E-state index contributed by atoms with van der Waals surface area (Å²) in [7, 11) is 0. The molecular weight excluding hydrogens is 316 g/mol. The van der Waals surface area contributed by atoms with Gasteiger partial charge in [0.25, 0.3) is 0 Å². The van der Waals surface area contributed by atoms with Gasteiger partial charge in [-0.3, -0.25) is 4.99 Å². The first-order valence-electron chi connectivity index (χ1n) is 8.00. The van der Waals surface area contributed by atoms with E-state index in [1.807, 2.05) is 42.7 Å². The third-order valence-corrected chi connectivity index (χ3v) is 4.61. The Labute approximate surface area is 147 Å². The van der Waals surface area contributed by atoms with Gasteiger partial charge in [-0.05, 0) is 35.4 Å². The van der Waals surface area contributed by atoms with Crippen LogP contribution in [0.3, 0.4) is 0 Å². The minimum atomic E-state index is 0.0734. The molecule has 0 bridgehead atoms. The number of nitrogens with zero attached hydrogens (tertiary/aromatic N) is 2. The molecule has 1 aliphatic heterocycles. The molecule has 2 atom stereocenters. The van der Waals surface area contributed by atoms with Crippen LogP contribution in [0.4, 0.5) is 5.69 Å². The fourth-order valence-electron chi connectivity index (χ4n) is 3.20. The second-order valence-electron chi connectivity index (χ2n) is 5.86. The van der Waals surface area contributed by atoms with Gasteiger partial charge in [-0.2, -0.15) is 0 Å². The summed E-state index contributed by atoms with van der Waals surface area (Å²) in [5, 5.41) is 0.741. The van der Waals surface area contributed by atoms with Gasteiger partial charge in [0.1, 0.15) is 6.04 Å². The Kier molecular flexibility index (Phi) is 4.06. The highest BCUT2D eigenvalue weighted by molar-refractivity contribution is 6.30. The number of rotatable bonds is 3. The molecule has 0 saturated carbocycles. The molecule has 24 heavy (non-hydrogen) atoms. The molecule has 0 aliphatic carbocycles. The average molecular weight is 333 g/mol. The van der Waals surface area contributed by atoms with E-state index in [1.54, 1.807) is 0 Å².